The maximum atomic E-state index is 12.1. The van der Waals surface area contributed by atoms with Gasteiger partial charge in [0.05, 0.1) is 11.2 Å². The zero-order valence-electron chi connectivity index (χ0n) is 15.9. The largest absolute Gasteiger partial charge is 0.484 e. The lowest BCUT2D eigenvalue weighted by atomic mass is 9.97. The Hall–Kier alpha value is -3.37. The van der Waals surface area contributed by atoms with Crippen LogP contribution < -0.4 is 10.2 Å². The Balaban J connectivity index is 1.56. The van der Waals surface area contributed by atoms with E-state index in [1.807, 2.05) is 79.7 Å². The van der Waals surface area contributed by atoms with Gasteiger partial charge in [-0.2, -0.15) is 5.10 Å². The summed E-state index contributed by atoms with van der Waals surface area (Å²) >= 11 is 6.61. The number of aryl methyl sites for hydroxylation is 1. The summed E-state index contributed by atoms with van der Waals surface area (Å²) in [5.41, 5.74) is 4.51. The van der Waals surface area contributed by atoms with Crippen LogP contribution in [0.15, 0.2) is 77.9 Å². The number of carbonyl (C=O) groups is 1. The number of nitrogens with one attached hydrogen (secondary N) is 1. The van der Waals surface area contributed by atoms with E-state index in [1.165, 1.54) is 0 Å². The minimum absolute atomic E-state index is 0.108. The predicted octanol–water partition coefficient (Wildman–Crippen LogP) is 5.48. The zero-order chi connectivity index (χ0) is 20.2. The van der Waals surface area contributed by atoms with Crippen LogP contribution in [-0.2, 0) is 4.79 Å². The van der Waals surface area contributed by atoms with E-state index >= 15 is 0 Å². The molecule has 0 heterocycles. The third kappa shape index (κ3) is 4.08. The van der Waals surface area contributed by atoms with E-state index in [1.54, 1.807) is 6.21 Å². The van der Waals surface area contributed by atoms with Crippen LogP contribution in [0.5, 0.6) is 5.75 Å². The number of amides is 1. The number of hydrogen-bond acceptors (Lipinski definition) is 3. The van der Waals surface area contributed by atoms with Crippen molar-refractivity contribution in [2.24, 2.45) is 5.10 Å². The van der Waals surface area contributed by atoms with E-state index < -0.39 is 0 Å². The first kappa shape index (κ1) is 19.0. The van der Waals surface area contributed by atoms with E-state index in [0.29, 0.717) is 10.8 Å². The van der Waals surface area contributed by atoms with Crippen LogP contribution in [0.25, 0.3) is 21.5 Å². The van der Waals surface area contributed by atoms with E-state index in [9.17, 15) is 4.79 Å². The van der Waals surface area contributed by atoms with Gasteiger partial charge in [-0.15, -0.1) is 0 Å². The number of benzene rings is 4. The van der Waals surface area contributed by atoms with Crippen LogP contribution in [0.1, 0.15) is 11.1 Å². The van der Waals surface area contributed by atoms with Crippen LogP contribution in [0.4, 0.5) is 0 Å². The molecule has 0 radical (unpaired) electrons. The van der Waals surface area contributed by atoms with E-state index in [-0.39, 0.29) is 12.5 Å². The second-order valence-corrected chi connectivity index (χ2v) is 7.10. The molecule has 29 heavy (non-hydrogen) atoms. The van der Waals surface area contributed by atoms with Gasteiger partial charge in [0.2, 0.25) is 0 Å². The van der Waals surface area contributed by atoms with Gasteiger partial charge in [-0.1, -0.05) is 72.3 Å². The molecule has 0 fully saturated rings. The van der Waals surface area contributed by atoms with Gasteiger partial charge in [-0.3, -0.25) is 4.79 Å². The number of carbonyl (C=O) groups excluding carboxylic acids is 1. The van der Waals surface area contributed by atoms with Gasteiger partial charge in [-0.25, -0.2) is 5.43 Å². The summed E-state index contributed by atoms with van der Waals surface area (Å²) in [6.07, 6.45) is 1.66. The molecule has 0 spiro atoms. The van der Waals surface area contributed by atoms with Gasteiger partial charge in [0, 0.05) is 16.3 Å². The number of fused-ring (bicyclic) bond motifs is 2. The fourth-order valence-corrected chi connectivity index (χ4v) is 3.63. The highest BCUT2D eigenvalue weighted by molar-refractivity contribution is 6.42. The Bertz CT molecular complexity index is 1180. The molecule has 4 aromatic rings. The third-order valence-electron chi connectivity index (χ3n) is 4.65. The Morgan fingerprint density at radius 3 is 2.21 bits per heavy atom. The van der Waals surface area contributed by atoms with E-state index in [4.69, 9.17) is 16.3 Å². The Kier molecular flexibility index (Phi) is 5.45. The number of hydrazone groups is 1. The molecule has 0 saturated heterocycles. The highest BCUT2D eigenvalue weighted by atomic mass is 35.5. The smallest absolute Gasteiger partial charge is 0.277 e. The molecule has 1 N–H and O–H groups in total. The van der Waals surface area contributed by atoms with Crippen LogP contribution in [0.2, 0.25) is 5.02 Å². The number of rotatable bonds is 5. The third-order valence-corrected chi connectivity index (χ3v) is 5.06. The number of ether oxygens (including phenoxy) is 1. The summed E-state index contributed by atoms with van der Waals surface area (Å²) in [7, 11) is 0. The van der Waals surface area contributed by atoms with Crippen molar-refractivity contribution in [3.8, 4) is 5.75 Å². The molecule has 4 rings (SSSR count). The van der Waals surface area contributed by atoms with Gasteiger partial charge in [-0.05, 0) is 35.4 Å². The zero-order valence-corrected chi connectivity index (χ0v) is 16.6. The van der Waals surface area contributed by atoms with Crippen molar-refractivity contribution in [3.63, 3.8) is 0 Å². The van der Waals surface area contributed by atoms with Gasteiger partial charge >= 0.3 is 0 Å². The molecule has 4 nitrogen and oxygen atoms in total. The Morgan fingerprint density at radius 2 is 1.59 bits per heavy atom. The van der Waals surface area contributed by atoms with Crippen molar-refractivity contribution >= 4 is 45.3 Å². The summed E-state index contributed by atoms with van der Waals surface area (Å²) in [5.74, 6) is 0.323. The molecule has 0 saturated carbocycles. The lowest BCUT2D eigenvalue weighted by Gasteiger charge is -2.10. The monoisotopic (exact) mass is 402 g/mol. The average Bonchev–Trinajstić information content (AvgIpc) is 2.75. The average molecular weight is 403 g/mol. The van der Waals surface area contributed by atoms with Crippen molar-refractivity contribution < 1.29 is 9.53 Å². The van der Waals surface area contributed by atoms with Crippen molar-refractivity contribution in [2.75, 3.05) is 6.61 Å². The predicted molar refractivity (Wildman–Crippen MR) is 119 cm³/mol. The van der Waals surface area contributed by atoms with Crippen molar-refractivity contribution in [1.29, 1.82) is 0 Å². The standard InChI is InChI=1S/C24H19ClN2O2/c1-16-7-6-8-17(13-16)29-15-23(28)27-26-14-22-18-9-2-4-11-20(18)24(25)21-12-5-3-10-19(21)22/h2-14H,15H2,1H3,(H,27,28)/b26-14-. The molecule has 0 bridgehead atoms. The highest BCUT2D eigenvalue weighted by Gasteiger charge is 2.11. The Labute approximate surface area is 173 Å². The second kappa shape index (κ2) is 8.33. The van der Waals surface area contributed by atoms with Crippen LogP contribution in [0.3, 0.4) is 0 Å². The maximum absolute atomic E-state index is 12.1. The van der Waals surface area contributed by atoms with Gasteiger partial charge in [0.15, 0.2) is 6.61 Å². The van der Waals surface area contributed by atoms with Crippen LogP contribution >= 0.6 is 11.6 Å². The van der Waals surface area contributed by atoms with E-state index in [2.05, 4.69) is 10.5 Å². The lowest BCUT2D eigenvalue weighted by Crippen LogP contribution is -2.24. The normalized spacial score (nSPS) is 11.2. The fourth-order valence-electron chi connectivity index (χ4n) is 3.30. The summed E-state index contributed by atoms with van der Waals surface area (Å²) in [4.78, 5) is 12.1. The molecule has 4 aromatic carbocycles. The first-order valence-electron chi connectivity index (χ1n) is 9.24. The number of hydrogen-bond donors (Lipinski definition) is 1. The molecule has 144 valence electrons. The molecule has 5 heteroatoms. The van der Waals surface area contributed by atoms with E-state index in [0.717, 1.165) is 32.7 Å². The first-order chi connectivity index (χ1) is 14.1. The molecular formula is C24H19ClN2O2. The highest BCUT2D eigenvalue weighted by Crippen LogP contribution is 2.35. The molecule has 0 aliphatic rings. The minimum atomic E-state index is -0.328. The SMILES string of the molecule is Cc1cccc(OCC(=O)N/N=C\c2c3ccccc3c(Cl)c3ccccc23)c1. The van der Waals surface area contributed by atoms with Crippen LogP contribution in [-0.4, -0.2) is 18.7 Å². The summed E-state index contributed by atoms with van der Waals surface area (Å²) in [5, 5.41) is 8.71. The summed E-state index contributed by atoms with van der Waals surface area (Å²) in [6.45, 7) is 1.86. The molecule has 0 aliphatic heterocycles. The second-order valence-electron chi connectivity index (χ2n) is 6.72. The van der Waals surface area contributed by atoms with Gasteiger partial charge in [0.1, 0.15) is 5.75 Å². The first-order valence-corrected chi connectivity index (χ1v) is 9.61. The van der Waals surface area contributed by atoms with Gasteiger partial charge in [0.25, 0.3) is 5.91 Å². The summed E-state index contributed by atoms with van der Waals surface area (Å²) < 4.78 is 5.50. The molecule has 0 aromatic heterocycles. The lowest BCUT2D eigenvalue weighted by molar-refractivity contribution is -0.123. The van der Waals surface area contributed by atoms with Crippen molar-refractivity contribution in [1.82, 2.24) is 5.43 Å². The fraction of sp³-hybridized carbons (Fsp3) is 0.0833. The van der Waals surface area contributed by atoms with Crippen molar-refractivity contribution in [3.05, 3.63) is 88.9 Å². The molecule has 0 aliphatic carbocycles. The molecule has 1 amide bonds. The molecule has 0 atom stereocenters. The Morgan fingerprint density at radius 1 is 0.966 bits per heavy atom. The van der Waals surface area contributed by atoms with Gasteiger partial charge < -0.3 is 4.74 Å². The van der Waals surface area contributed by atoms with Crippen LogP contribution in [0, 0.1) is 6.92 Å². The minimum Gasteiger partial charge on any atom is -0.484 e. The molecule has 0 unspecified atom stereocenters. The number of nitrogens with zero attached hydrogens (tertiary/aromatic N) is 1. The molecular weight excluding hydrogens is 384 g/mol. The van der Waals surface area contributed by atoms with Crippen molar-refractivity contribution in [2.45, 2.75) is 6.92 Å². The topological polar surface area (TPSA) is 50.7 Å². The number of halogens is 1. The summed E-state index contributed by atoms with van der Waals surface area (Å²) in [6, 6.07) is 23.3. The maximum Gasteiger partial charge on any atom is 0.277 e. The quantitative estimate of drug-likeness (QED) is 0.273.